The van der Waals surface area contributed by atoms with Gasteiger partial charge in [0.05, 0.1) is 4.92 Å². The first-order valence-corrected chi connectivity index (χ1v) is 6.63. The zero-order chi connectivity index (χ0) is 13.9. The van der Waals surface area contributed by atoms with Gasteiger partial charge in [0.2, 0.25) is 0 Å². The Hall–Kier alpha value is -1.86. The minimum atomic E-state index is -0.458. The summed E-state index contributed by atoms with van der Waals surface area (Å²) in [4.78, 5) is 14.4. The SMILES string of the molecule is Cl.O=[N+]([O-])c1ccc2oc(OCC3CCCCN3)nc2c1. The number of piperidine rings is 1. The topological polar surface area (TPSA) is 90.4 Å². The lowest BCUT2D eigenvalue weighted by Gasteiger charge is -2.22. The van der Waals surface area contributed by atoms with E-state index in [1.807, 2.05) is 0 Å². The van der Waals surface area contributed by atoms with E-state index in [0.717, 1.165) is 13.0 Å². The molecule has 1 saturated heterocycles. The summed E-state index contributed by atoms with van der Waals surface area (Å²) < 4.78 is 10.9. The van der Waals surface area contributed by atoms with Crippen LogP contribution in [-0.4, -0.2) is 29.1 Å². The molecule has 114 valence electrons. The first kappa shape index (κ1) is 15.5. The van der Waals surface area contributed by atoms with E-state index in [0.29, 0.717) is 23.7 Å². The largest absolute Gasteiger partial charge is 0.449 e. The molecule has 0 saturated carbocycles. The summed E-state index contributed by atoms with van der Waals surface area (Å²) in [6, 6.07) is 4.62. The van der Waals surface area contributed by atoms with Gasteiger partial charge in [-0.05, 0) is 25.5 Å². The van der Waals surface area contributed by atoms with Crippen molar-refractivity contribution in [2.75, 3.05) is 13.2 Å². The molecule has 1 aliphatic rings. The predicted molar refractivity (Wildman–Crippen MR) is 79.0 cm³/mol. The van der Waals surface area contributed by atoms with E-state index < -0.39 is 4.92 Å². The van der Waals surface area contributed by atoms with Crippen LogP contribution in [-0.2, 0) is 0 Å². The summed E-state index contributed by atoms with van der Waals surface area (Å²) in [5, 5.41) is 14.1. The monoisotopic (exact) mass is 313 g/mol. The van der Waals surface area contributed by atoms with E-state index in [9.17, 15) is 10.1 Å². The Kier molecular flexibility index (Phi) is 4.98. The van der Waals surface area contributed by atoms with Gasteiger partial charge in [-0.3, -0.25) is 10.1 Å². The molecule has 0 amide bonds. The second-order valence-electron chi connectivity index (χ2n) is 4.85. The van der Waals surface area contributed by atoms with Gasteiger partial charge in [0, 0.05) is 18.2 Å². The maximum Gasteiger partial charge on any atom is 0.394 e. The standard InChI is InChI=1S/C13H15N3O4.ClH/c17-16(18)10-4-5-12-11(7-10)15-13(20-12)19-8-9-3-1-2-6-14-9;/h4-5,7,9,14H,1-3,6,8H2;1H. The molecular formula is C13H16ClN3O4. The van der Waals surface area contributed by atoms with Crippen LogP contribution in [0.4, 0.5) is 5.69 Å². The number of nitrogens with one attached hydrogen (secondary N) is 1. The van der Waals surface area contributed by atoms with Gasteiger partial charge in [-0.1, -0.05) is 6.42 Å². The van der Waals surface area contributed by atoms with Crippen LogP contribution in [0.1, 0.15) is 19.3 Å². The van der Waals surface area contributed by atoms with E-state index in [4.69, 9.17) is 9.15 Å². The van der Waals surface area contributed by atoms with Gasteiger partial charge in [-0.25, -0.2) is 0 Å². The van der Waals surface area contributed by atoms with Crippen LogP contribution < -0.4 is 10.1 Å². The number of hydrogen-bond donors (Lipinski definition) is 1. The van der Waals surface area contributed by atoms with E-state index in [1.165, 1.54) is 31.0 Å². The highest BCUT2D eigenvalue weighted by Crippen LogP contribution is 2.24. The van der Waals surface area contributed by atoms with Gasteiger partial charge in [-0.2, -0.15) is 4.98 Å². The van der Waals surface area contributed by atoms with Crippen molar-refractivity contribution in [3.05, 3.63) is 28.3 Å². The smallest absolute Gasteiger partial charge is 0.394 e. The normalized spacial score (nSPS) is 18.2. The zero-order valence-electron chi connectivity index (χ0n) is 11.3. The summed E-state index contributed by atoms with van der Waals surface area (Å²) in [7, 11) is 0. The molecule has 1 N–H and O–H groups in total. The summed E-state index contributed by atoms with van der Waals surface area (Å²) in [6.07, 6.45) is 3.63. The molecule has 2 heterocycles. The van der Waals surface area contributed by atoms with Crippen LogP contribution in [0.25, 0.3) is 11.1 Å². The second kappa shape index (κ2) is 6.73. The highest BCUT2D eigenvalue weighted by atomic mass is 35.5. The minimum absolute atomic E-state index is 0. The lowest BCUT2D eigenvalue weighted by Crippen LogP contribution is -2.38. The van der Waals surface area contributed by atoms with Gasteiger partial charge >= 0.3 is 6.08 Å². The van der Waals surface area contributed by atoms with Gasteiger partial charge in [0.25, 0.3) is 5.69 Å². The van der Waals surface area contributed by atoms with Crippen molar-refractivity contribution in [1.82, 2.24) is 10.3 Å². The fourth-order valence-corrected chi connectivity index (χ4v) is 2.31. The highest BCUT2D eigenvalue weighted by molar-refractivity contribution is 5.85. The number of nitro groups is 1. The number of ether oxygens (including phenoxy) is 1. The Bertz CT molecular complexity index is 625. The summed E-state index contributed by atoms with van der Waals surface area (Å²) in [5.41, 5.74) is 0.916. The number of rotatable bonds is 4. The molecule has 7 nitrogen and oxygen atoms in total. The van der Waals surface area contributed by atoms with Crippen molar-refractivity contribution >= 4 is 29.2 Å². The van der Waals surface area contributed by atoms with Crippen molar-refractivity contribution in [3.63, 3.8) is 0 Å². The molecule has 0 spiro atoms. The second-order valence-corrected chi connectivity index (χ2v) is 4.85. The van der Waals surface area contributed by atoms with Gasteiger partial charge < -0.3 is 14.5 Å². The average molecular weight is 314 g/mol. The lowest BCUT2D eigenvalue weighted by atomic mass is 10.1. The Morgan fingerprint density at radius 2 is 2.33 bits per heavy atom. The molecule has 3 rings (SSSR count). The molecule has 8 heteroatoms. The summed E-state index contributed by atoms with van der Waals surface area (Å²) >= 11 is 0. The first-order valence-electron chi connectivity index (χ1n) is 6.63. The van der Waals surface area contributed by atoms with Gasteiger partial charge in [-0.15, -0.1) is 12.4 Å². The number of aromatic nitrogens is 1. The fourth-order valence-electron chi connectivity index (χ4n) is 2.31. The zero-order valence-corrected chi connectivity index (χ0v) is 12.1. The van der Waals surface area contributed by atoms with Crippen LogP contribution in [0.2, 0.25) is 0 Å². The molecule has 0 bridgehead atoms. The van der Waals surface area contributed by atoms with E-state index in [-0.39, 0.29) is 24.2 Å². The number of nitro benzene ring substituents is 1. The molecule has 1 aliphatic heterocycles. The van der Waals surface area contributed by atoms with Crippen molar-refractivity contribution in [3.8, 4) is 6.08 Å². The quantitative estimate of drug-likeness (QED) is 0.689. The third kappa shape index (κ3) is 3.62. The number of non-ortho nitro benzene ring substituents is 1. The lowest BCUT2D eigenvalue weighted by molar-refractivity contribution is -0.384. The molecule has 1 unspecified atom stereocenters. The van der Waals surface area contributed by atoms with Crippen molar-refractivity contribution in [2.45, 2.75) is 25.3 Å². The van der Waals surface area contributed by atoms with Gasteiger partial charge in [0.1, 0.15) is 12.1 Å². The Labute approximate surface area is 127 Å². The number of benzene rings is 1. The van der Waals surface area contributed by atoms with Crippen LogP contribution in [0.15, 0.2) is 22.6 Å². The number of fused-ring (bicyclic) bond motifs is 1. The number of hydrogen-bond acceptors (Lipinski definition) is 6. The molecule has 0 aliphatic carbocycles. The Balaban J connectivity index is 0.00000161. The number of nitrogens with zero attached hydrogens (tertiary/aromatic N) is 2. The molecular weight excluding hydrogens is 298 g/mol. The van der Waals surface area contributed by atoms with Crippen LogP contribution in [0.3, 0.4) is 0 Å². The Morgan fingerprint density at radius 1 is 1.48 bits per heavy atom. The van der Waals surface area contributed by atoms with Crippen molar-refractivity contribution in [2.24, 2.45) is 0 Å². The first-order chi connectivity index (χ1) is 9.72. The van der Waals surface area contributed by atoms with E-state index in [1.54, 1.807) is 0 Å². The highest BCUT2D eigenvalue weighted by Gasteiger charge is 2.16. The molecule has 2 aromatic rings. The summed E-state index contributed by atoms with van der Waals surface area (Å²) in [6.45, 7) is 1.50. The third-order valence-corrected chi connectivity index (χ3v) is 3.38. The maximum absolute atomic E-state index is 10.7. The summed E-state index contributed by atoms with van der Waals surface area (Å²) in [5.74, 6) is 0. The molecule has 1 aromatic carbocycles. The van der Waals surface area contributed by atoms with E-state index in [2.05, 4.69) is 10.3 Å². The fraction of sp³-hybridized carbons (Fsp3) is 0.462. The van der Waals surface area contributed by atoms with Crippen LogP contribution >= 0.6 is 12.4 Å². The maximum atomic E-state index is 10.7. The van der Waals surface area contributed by atoms with E-state index >= 15 is 0 Å². The number of oxazole rings is 1. The van der Waals surface area contributed by atoms with Crippen molar-refractivity contribution in [1.29, 1.82) is 0 Å². The molecule has 1 atom stereocenters. The predicted octanol–water partition coefficient (Wildman–Crippen LogP) is 2.68. The number of halogens is 1. The minimum Gasteiger partial charge on any atom is -0.449 e. The molecule has 1 aromatic heterocycles. The van der Waals surface area contributed by atoms with Crippen LogP contribution in [0.5, 0.6) is 6.08 Å². The Morgan fingerprint density at radius 3 is 3.05 bits per heavy atom. The average Bonchev–Trinajstić information content (AvgIpc) is 2.88. The van der Waals surface area contributed by atoms with Crippen molar-refractivity contribution < 1.29 is 14.1 Å². The molecule has 21 heavy (non-hydrogen) atoms. The molecule has 1 fully saturated rings. The third-order valence-electron chi connectivity index (χ3n) is 3.38. The van der Waals surface area contributed by atoms with Crippen LogP contribution in [0, 0.1) is 10.1 Å². The molecule has 0 radical (unpaired) electrons. The van der Waals surface area contributed by atoms with Gasteiger partial charge in [0.15, 0.2) is 5.58 Å².